The summed E-state index contributed by atoms with van der Waals surface area (Å²) in [5.74, 6) is 1.04. The lowest BCUT2D eigenvalue weighted by molar-refractivity contribution is 0.102. The number of rotatable bonds is 10. The Morgan fingerprint density at radius 2 is 1.92 bits per heavy atom. The van der Waals surface area contributed by atoms with Crippen molar-refractivity contribution >= 4 is 57.3 Å². The second-order valence-corrected chi connectivity index (χ2v) is 8.63. The summed E-state index contributed by atoms with van der Waals surface area (Å²) >= 11 is 15.4. The number of anilines is 1. The van der Waals surface area contributed by atoms with E-state index in [4.69, 9.17) is 27.9 Å². The van der Waals surface area contributed by atoms with Crippen LogP contribution in [0.5, 0.6) is 5.75 Å². The van der Waals surface area contributed by atoms with E-state index in [1.54, 1.807) is 23.9 Å². The molecule has 0 spiro atoms. The van der Waals surface area contributed by atoms with Crippen LogP contribution in [0.2, 0.25) is 10.0 Å². The van der Waals surface area contributed by atoms with E-state index in [2.05, 4.69) is 29.4 Å². The first kappa shape index (κ1) is 21.3. The maximum atomic E-state index is 12.4. The molecule has 0 aliphatic rings. The van der Waals surface area contributed by atoms with E-state index in [-0.39, 0.29) is 5.91 Å². The highest BCUT2D eigenvalue weighted by Crippen LogP contribution is 2.35. The van der Waals surface area contributed by atoms with Crippen LogP contribution in [-0.2, 0) is 0 Å². The molecule has 26 heavy (non-hydrogen) atoms. The third-order valence-corrected chi connectivity index (χ3v) is 6.05. The molecule has 142 valence electrons. The Hall–Kier alpha value is -1.02. The topological polar surface area (TPSA) is 64.1 Å². The zero-order valence-electron chi connectivity index (χ0n) is 14.7. The highest BCUT2D eigenvalue weighted by molar-refractivity contribution is 8.01. The zero-order valence-corrected chi connectivity index (χ0v) is 17.8. The molecule has 0 unspecified atom stereocenters. The minimum absolute atomic E-state index is 0.315. The Bertz CT molecular complexity index is 718. The van der Waals surface area contributed by atoms with E-state index in [9.17, 15) is 4.79 Å². The number of aromatic nitrogens is 2. The Labute approximate surface area is 171 Å². The molecule has 2 aromatic rings. The fourth-order valence-corrected chi connectivity index (χ4v) is 4.30. The molecule has 9 heteroatoms. The van der Waals surface area contributed by atoms with Gasteiger partial charge < -0.3 is 4.74 Å². The predicted octanol–water partition coefficient (Wildman–Crippen LogP) is 6.17. The van der Waals surface area contributed by atoms with Gasteiger partial charge in [-0.3, -0.25) is 10.1 Å². The number of unbranched alkanes of at least 4 members (excludes halogenated alkanes) is 2. The SMILES string of the molecule is CCCCCOc1c(Cl)cc(C(=O)Nc2nnc(SCCC)s2)cc1Cl. The maximum Gasteiger partial charge on any atom is 0.257 e. The number of nitrogens with one attached hydrogen (secondary N) is 1. The third kappa shape index (κ3) is 6.30. The lowest BCUT2D eigenvalue weighted by Gasteiger charge is -2.11. The number of nitrogens with zero attached hydrogens (tertiary/aromatic N) is 2. The van der Waals surface area contributed by atoms with Crippen LogP contribution in [0.15, 0.2) is 16.5 Å². The number of carbonyl (C=O) groups excluding carboxylic acids is 1. The molecule has 1 amide bonds. The number of carbonyl (C=O) groups is 1. The Kier molecular flexibility index (Phi) is 8.98. The van der Waals surface area contributed by atoms with E-state index < -0.39 is 0 Å². The van der Waals surface area contributed by atoms with Gasteiger partial charge in [0.2, 0.25) is 5.13 Å². The average Bonchev–Trinajstić information content (AvgIpc) is 3.05. The highest BCUT2D eigenvalue weighted by Gasteiger charge is 2.16. The van der Waals surface area contributed by atoms with Crippen LogP contribution in [0.25, 0.3) is 0 Å². The molecule has 0 aliphatic carbocycles. The number of hydrogen-bond acceptors (Lipinski definition) is 6. The summed E-state index contributed by atoms with van der Waals surface area (Å²) in [4.78, 5) is 12.4. The van der Waals surface area contributed by atoms with Crippen molar-refractivity contribution < 1.29 is 9.53 Å². The van der Waals surface area contributed by atoms with Gasteiger partial charge >= 0.3 is 0 Å². The molecule has 0 saturated carbocycles. The van der Waals surface area contributed by atoms with Gasteiger partial charge in [-0.15, -0.1) is 10.2 Å². The fourth-order valence-electron chi connectivity index (χ4n) is 2.03. The van der Waals surface area contributed by atoms with Crippen molar-refractivity contribution in [3.63, 3.8) is 0 Å². The number of thioether (sulfide) groups is 1. The summed E-state index contributed by atoms with van der Waals surface area (Å²) in [6.45, 7) is 4.76. The van der Waals surface area contributed by atoms with Gasteiger partial charge in [0.15, 0.2) is 10.1 Å². The Morgan fingerprint density at radius 1 is 1.19 bits per heavy atom. The molecule has 0 radical (unpaired) electrons. The molecule has 0 saturated heterocycles. The van der Waals surface area contributed by atoms with Crippen LogP contribution in [0.1, 0.15) is 49.9 Å². The summed E-state index contributed by atoms with van der Waals surface area (Å²) in [6.07, 6.45) is 4.17. The van der Waals surface area contributed by atoms with Crippen molar-refractivity contribution in [2.24, 2.45) is 0 Å². The van der Waals surface area contributed by atoms with Gasteiger partial charge in [-0.05, 0) is 25.0 Å². The lowest BCUT2D eigenvalue weighted by Crippen LogP contribution is -2.12. The predicted molar refractivity (Wildman–Crippen MR) is 110 cm³/mol. The van der Waals surface area contributed by atoms with Crippen molar-refractivity contribution in [3.8, 4) is 5.75 Å². The van der Waals surface area contributed by atoms with Gasteiger partial charge in [0.25, 0.3) is 5.91 Å². The Balaban J connectivity index is 2.01. The van der Waals surface area contributed by atoms with Gasteiger partial charge in [0.1, 0.15) is 0 Å². The van der Waals surface area contributed by atoms with E-state index in [0.29, 0.717) is 33.1 Å². The molecule has 0 aliphatic heterocycles. The van der Waals surface area contributed by atoms with Crippen molar-refractivity contribution in [3.05, 3.63) is 27.7 Å². The van der Waals surface area contributed by atoms with Crippen LogP contribution in [0.4, 0.5) is 5.13 Å². The zero-order chi connectivity index (χ0) is 18.9. The molecular formula is C17H21Cl2N3O2S2. The second-order valence-electron chi connectivity index (χ2n) is 5.50. The van der Waals surface area contributed by atoms with Crippen molar-refractivity contribution in [2.45, 2.75) is 43.9 Å². The van der Waals surface area contributed by atoms with Crippen molar-refractivity contribution in [2.75, 3.05) is 17.7 Å². The van der Waals surface area contributed by atoms with Gasteiger partial charge in [-0.1, -0.05) is 73.0 Å². The normalized spacial score (nSPS) is 10.8. The smallest absolute Gasteiger partial charge is 0.257 e. The monoisotopic (exact) mass is 433 g/mol. The van der Waals surface area contributed by atoms with Crippen LogP contribution in [0, 0.1) is 0 Å². The van der Waals surface area contributed by atoms with Crippen LogP contribution in [0.3, 0.4) is 0 Å². The molecule has 1 N–H and O–H groups in total. The largest absolute Gasteiger partial charge is 0.490 e. The van der Waals surface area contributed by atoms with Gasteiger partial charge in [0.05, 0.1) is 16.7 Å². The number of amides is 1. The van der Waals surface area contributed by atoms with E-state index >= 15 is 0 Å². The molecule has 0 fully saturated rings. The number of hydrogen-bond donors (Lipinski definition) is 1. The minimum Gasteiger partial charge on any atom is -0.490 e. The first-order valence-corrected chi connectivity index (χ1v) is 11.0. The quantitative estimate of drug-likeness (QED) is 0.275. The summed E-state index contributed by atoms with van der Waals surface area (Å²) in [5.41, 5.74) is 0.346. The summed E-state index contributed by atoms with van der Waals surface area (Å²) in [7, 11) is 0. The van der Waals surface area contributed by atoms with Gasteiger partial charge in [-0.25, -0.2) is 0 Å². The van der Waals surface area contributed by atoms with E-state index in [0.717, 1.165) is 35.8 Å². The second kappa shape index (κ2) is 11.0. The van der Waals surface area contributed by atoms with Gasteiger partial charge in [0, 0.05) is 11.3 Å². The molecule has 1 aromatic carbocycles. The first-order valence-electron chi connectivity index (χ1n) is 8.44. The van der Waals surface area contributed by atoms with Crippen LogP contribution < -0.4 is 10.1 Å². The maximum absolute atomic E-state index is 12.4. The molecular weight excluding hydrogens is 413 g/mol. The molecule has 0 bridgehead atoms. The first-order chi connectivity index (χ1) is 12.5. The fraction of sp³-hybridized carbons (Fsp3) is 0.471. The van der Waals surface area contributed by atoms with Crippen LogP contribution >= 0.6 is 46.3 Å². The third-order valence-electron chi connectivity index (χ3n) is 3.31. The van der Waals surface area contributed by atoms with E-state index in [1.165, 1.54) is 11.3 Å². The molecule has 2 rings (SSSR count). The molecule has 5 nitrogen and oxygen atoms in total. The number of ether oxygens (including phenoxy) is 1. The van der Waals surface area contributed by atoms with E-state index in [1.807, 2.05) is 0 Å². The molecule has 1 aromatic heterocycles. The minimum atomic E-state index is -0.338. The standard InChI is InChI=1S/C17H21Cl2N3O2S2/c1-3-5-6-7-24-14-12(18)9-11(10-13(14)19)15(23)20-16-21-22-17(26-16)25-8-4-2/h9-10H,3-8H2,1-2H3,(H,20,21,23). The number of benzene rings is 1. The van der Waals surface area contributed by atoms with Crippen molar-refractivity contribution in [1.82, 2.24) is 10.2 Å². The summed E-state index contributed by atoms with van der Waals surface area (Å²) in [6, 6.07) is 3.09. The Morgan fingerprint density at radius 3 is 2.58 bits per heavy atom. The average molecular weight is 434 g/mol. The van der Waals surface area contributed by atoms with Gasteiger partial charge in [-0.2, -0.15) is 0 Å². The highest BCUT2D eigenvalue weighted by atomic mass is 35.5. The summed E-state index contributed by atoms with van der Waals surface area (Å²) in [5, 5.41) is 11.8. The molecule has 1 heterocycles. The molecule has 0 atom stereocenters. The van der Waals surface area contributed by atoms with Crippen LogP contribution in [-0.4, -0.2) is 28.5 Å². The number of halogens is 2. The lowest BCUT2D eigenvalue weighted by atomic mass is 10.2. The summed E-state index contributed by atoms with van der Waals surface area (Å²) < 4.78 is 6.47. The van der Waals surface area contributed by atoms with Crippen molar-refractivity contribution in [1.29, 1.82) is 0 Å².